The standard InChI is InChI=1S/C6H13NO2/c1-2-6(9)5-7-3-4-8/h5,7-9H,2-4H2,1H3/b6-5-. The minimum atomic E-state index is 0.0908. The monoisotopic (exact) mass is 131 g/mol. The van der Waals surface area contributed by atoms with Gasteiger partial charge in [0.25, 0.3) is 0 Å². The van der Waals surface area contributed by atoms with Crippen molar-refractivity contribution < 1.29 is 10.2 Å². The van der Waals surface area contributed by atoms with E-state index in [1.807, 2.05) is 6.92 Å². The Balaban J connectivity index is 3.21. The summed E-state index contributed by atoms with van der Waals surface area (Å²) in [5, 5.41) is 19.8. The maximum atomic E-state index is 8.80. The van der Waals surface area contributed by atoms with Crippen LogP contribution in [0.25, 0.3) is 0 Å². The Morgan fingerprint density at radius 1 is 1.67 bits per heavy atom. The Labute approximate surface area is 55.0 Å². The second-order valence-corrected chi connectivity index (χ2v) is 1.67. The largest absolute Gasteiger partial charge is 0.511 e. The first-order valence-electron chi connectivity index (χ1n) is 3.03. The summed E-state index contributed by atoms with van der Waals surface area (Å²) >= 11 is 0. The molecule has 0 aliphatic heterocycles. The summed E-state index contributed by atoms with van der Waals surface area (Å²) < 4.78 is 0. The zero-order valence-electron chi connectivity index (χ0n) is 5.59. The molecule has 0 atom stereocenters. The van der Waals surface area contributed by atoms with Crippen molar-refractivity contribution in [2.75, 3.05) is 13.2 Å². The highest BCUT2D eigenvalue weighted by molar-refractivity contribution is 4.86. The van der Waals surface area contributed by atoms with E-state index in [0.717, 1.165) is 0 Å². The van der Waals surface area contributed by atoms with E-state index in [4.69, 9.17) is 10.2 Å². The number of hydrogen-bond acceptors (Lipinski definition) is 3. The van der Waals surface area contributed by atoms with Gasteiger partial charge in [0.05, 0.1) is 6.61 Å². The van der Waals surface area contributed by atoms with E-state index >= 15 is 0 Å². The van der Waals surface area contributed by atoms with Crippen LogP contribution in [-0.4, -0.2) is 23.4 Å². The van der Waals surface area contributed by atoms with E-state index in [1.54, 1.807) is 0 Å². The van der Waals surface area contributed by atoms with Crippen LogP contribution >= 0.6 is 0 Å². The fourth-order valence-corrected chi connectivity index (χ4v) is 0.357. The third-order valence-electron chi connectivity index (χ3n) is 0.887. The van der Waals surface area contributed by atoms with Gasteiger partial charge in [-0.3, -0.25) is 0 Å². The smallest absolute Gasteiger partial charge is 0.108 e. The van der Waals surface area contributed by atoms with E-state index < -0.39 is 0 Å². The molecule has 0 aromatic rings. The molecule has 0 rings (SSSR count). The van der Waals surface area contributed by atoms with Gasteiger partial charge in [-0.25, -0.2) is 0 Å². The molecule has 9 heavy (non-hydrogen) atoms. The molecule has 0 aliphatic carbocycles. The van der Waals surface area contributed by atoms with Gasteiger partial charge in [0.2, 0.25) is 0 Å². The Morgan fingerprint density at radius 2 is 2.33 bits per heavy atom. The minimum absolute atomic E-state index is 0.0908. The van der Waals surface area contributed by atoms with Gasteiger partial charge in [-0.15, -0.1) is 0 Å². The maximum absolute atomic E-state index is 8.80. The summed E-state index contributed by atoms with van der Waals surface area (Å²) in [6.45, 7) is 2.43. The van der Waals surface area contributed by atoms with Crippen molar-refractivity contribution in [3.8, 4) is 0 Å². The van der Waals surface area contributed by atoms with E-state index in [2.05, 4.69) is 5.32 Å². The number of hydrogen-bond donors (Lipinski definition) is 3. The summed E-state index contributed by atoms with van der Waals surface area (Å²) in [5.74, 6) is 0.309. The first-order chi connectivity index (χ1) is 4.31. The Hall–Kier alpha value is -0.700. The summed E-state index contributed by atoms with van der Waals surface area (Å²) in [4.78, 5) is 0. The molecule has 0 aromatic heterocycles. The van der Waals surface area contributed by atoms with Gasteiger partial charge in [0.1, 0.15) is 5.76 Å². The summed E-state index contributed by atoms with van der Waals surface area (Å²) in [6.07, 6.45) is 2.12. The van der Waals surface area contributed by atoms with Crippen LogP contribution in [0.4, 0.5) is 0 Å². The second kappa shape index (κ2) is 5.44. The molecule has 0 radical (unpaired) electrons. The van der Waals surface area contributed by atoms with Gasteiger partial charge in [0, 0.05) is 19.2 Å². The summed E-state index contributed by atoms with van der Waals surface area (Å²) in [6, 6.07) is 0. The Morgan fingerprint density at radius 3 is 2.78 bits per heavy atom. The average Bonchev–Trinajstić information content (AvgIpc) is 1.89. The highest BCUT2D eigenvalue weighted by Crippen LogP contribution is 1.89. The quantitative estimate of drug-likeness (QED) is 0.382. The van der Waals surface area contributed by atoms with Crippen LogP contribution < -0.4 is 5.32 Å². The summed E-state index contributed by atoms with van der Waals surface area (Å²) in [5.41, 5.74) is 0. The van der Waals surface area contributed by atoms with Crippen molar-refractivity contribution in [1.29, 1.82) is 0 Å². The van der Waals surface area contributed by atoms with Crippen LogP contribution in [-0.2, 0) is 0 Å². The summed E-state index contributed by atoms with van der Waals surface area (Å²) in [7, 11) is 0. The zero-order valence-corrected chi connectivity index (χ0v) is 5.59. The molecule has 3 N–H and O–H groups in total. The van der Waals surface area contributed by atoms with E-state index in [-0.39, 0.29) is 6.61 Å². The fraction of sp³-hybridized carbons (Fsp3) is 0.667. The van der Waals surface area contributed by atoms with Gasteiger partial charge < -0.3 is 15.5 Å². The number of allylic oxidation sites excluding steroid dienone is 1. The number of aliphatic hydroxyl groups is 2. The van der Waals surface area contributed by atoms with Crippen LogP contribution in [0.1, 0.15) is 13.3 Å². The fourth-order valence-electron chi connectivity index (χ4n) is 0.357. The lowest BCUT2D eigenvalue weighted by Crippen LogP contribution is -2.11. The van der Waals surface area contributed by atoms with Gasteiger partial charge in [-0.2, -0.15) is 0 Å². The van der Waals surface area contributed by atoms with Gasteiger partial charge >= 0.3 is 0 Å². The van der Waals surface area contributed by atoms with E-state index in [9.17, 15) is 0 Å². The van der Waals surface area contributed by atoms with Crippen molar-refractivity contribution in [2.45, 2.75) is 13.3 Å². The number of aliphatic hydroxyl groups excluding tert-OH is 2. The second-order valence-electron chi connectivity index (χ2n) is 1.67. The topological polar surface area (TPSA) is 52.5 Å². The predicted molar refractivity (Wildman–Crippen MR) is 36.1 cm³/mol. The molecule has 0 saturated heterocycles. The van der Waals surface area contributed by atoms with Gasteiger partial charge in [-0.05, 0) is 0 Å². The first-order valence-corrected chi connectivity index (χ1v) is 3.03. The van der Waals surface area contributed by atoms with Crippen LogP contribution in [0.15, 0.2) is 12.0 Å². The van der Waals surface area contributed by atoms with Crippen molar-refractivity contribution in [3.05, 3.63) is 12.0 Å². The van der Waals surface area contributed by atoms with Crippen LogP contribution in [0.3, 0.4) is 0 Å². The van der Waals surface area contributed by atoms with E-state index in [0.29, 0.717) is 18.7 Å². The van der Waals surface area contributed by atoms with Crippen molar-refractivity contribution in [3.63, 3.8) is 0 Å². The van der Waals surface area contributed by atoms with E-state index in [1.165, 1.54) is 6.20 Å². The molecular formula is C6H13NO2. The maximum Gasteiger partial charge on any atom is 0.108 e. The lowest BCUT2D eigenvalue weighted by atomic mass is 10.4. The molecule has 0 aromatic carbocycles. The third-order valence-corrected chi connectivity index (χ3v) is 0.887. The average molecular weight is 131 g/mol. The first kappa shape index (κ1) is 8.30. The Kier molecular flexibility index (Phi) is 5.01. The molecule has 0 unspecified atom stereocenters. The minimum Gasteiger partial charge on any atom is -0.511 e. The van der Waals surface area contributed by atoms with Crippen LogP contribution in [0.5, 0.6) is 0 Å². The van der Waals surface area contributed by atoms with Crippen LogP contribution in [0, 0.1) is 0 Å². The molecule has 0 heterocycles. The zero-order chi connectivity index (χ0) is 7.11. The molecule has 0 bridgehead atoms. The molecule has 0 aliphatic rings. The molecule has 0 amide bonds. The van der Waals surface area contributed by atoms with Crippen LogP contribution in [0.2, 0.25) is 0 Å². The van der Waals surface area contributed by atoms with Crippen molar-refractivity contribution in [1.82, 2.24) is 5.32 Å². The molecule has 0 saturated carbocycles. The van der Waals surface area contributed by atoms with Gasteiger partial charge in [0.15, 0.2) is 0 Å². The molecule has 0 fully saturated rings. The molecule has 3 heteroatoms. The molecule has 54 valence electrons. The van der Waals surface area contributed by atoms with Crippen molar-refractivity contribution >= 4 is 0 Å². The lowest BCUT2D eigenvalue weighted by Gasteiger charge is -1.96. The number of nitrogens with one attached hydrogen (secondary N) is 1. The lowest BCUT2D eigenvalue weighted by molar-refractivity contribution is 0.297. The highest BCUT2D eigenvalue weighted by atomic mass is 16.3. The highest BCUT2D eigenvalue weighted by Gasteiger charge is 1.83. The Bertz CT molecular complexity index is 91.1. The number of rotatable bonds is 4. The molecule has 3 nitrogen and oxygen atoms in total. The van der Waals surface area contributed by atoms with Gasteiger partial charge in [-0.1, -0.05) is 6.92 Å². The normalized spacial score (nSPS) is 11.6. The molecule has 0 spiro atoms. The van der Waals surface area contributed by atoms with Crippen molar-refractivity contribution in [2.24, 2.45) is 0 Å². The SMILES string of the molecule is CC/C(O)=C/NCCO. The predicted octanol–water partition coefficient (Wildman–Crippen LogP) is 0.378. The third kappa shape index (κ3) is 5.17. The molecular weight excluding hydrogens is 118 g/mol.